The molecule has 0 saturated heterocycles. The molecule has 31 heavy (non-hydrogen) atoms. The lowest BCUT2D eigenvalue weighted by molar-refractivity contribution is 0.0960. The number of hydrogen-bond acceptors (Lipinski definition) is 6. The highest BCUT2D eigenvalue weighted by atomic mass is 32.1. The predicted octanol–water partition coefficient (Wildman–Crippen LogP) is 3.49. The van der Waals surface area contributed by atoms with Crippen molar-refractivity contribution in [1.29, 1.82) is 0 Å². The van der Waals surface area contributed by atoms with Gasteiger partial charge in [-0.1, -0.05) is 24.3 Å². The quantitative estimate of drug-likeness (QED) is 0.404. The van der Waals surface area contributed by atoms with Crippen molar-refractivity contribution in [2.75, 3.05) is 10.7 Å². The lowest BCUT2D eigenvalue weighted by Crippen LogP contribution is -2.34. The van der Waals surface area contributed by atoms with Crippen molar-refractivity contribution >= 4 is 45.7 Å². The van der Waals surface area contributed by atoms with Crippen molar-refractivity contribution in [2.24, 2.45) is 0 Å². The molecule has 0 saturated carbocycles. The van der Waals surface area contributed by atoms with Gasteiger partial charge in [0.1, 0.15) is 0 Å². The molecular weight excluding hydrogens is 414 g/mol. The van der Waals surface area contributed by atoms with Crippen LogP contribution in [0.25, 0.3) is 10.9 Å². The summed E-state index contributed by atoms with van der Waals surface area (Å²) in [5.74, 6) is -0.433. The van der Waals surface area contributed by atoms with E-state index in [4.69, 9.17) is 0 Å². The Morgan fingerprint density at radius 2 is 1.87 bits per heavy atom. The molecule has 156 valence electrons. The van der Waals surface area contributed by atoms with Gasteiger partial charge in [0.2, 0.25) is 5.95 Å². The second-order valence-corrected chi connectivity index (χ2v) is 7.54. The Labute approximate surface area is 181 Å². The number of rotatable bonds is 6. The maximum Gasteiger partial charge on any atom is 0.269 e. The monoisotopic (exact) mass is 433 g/mol. The molecule has 3 N–H and O–H groups in total. The highest BCUT2D eigenvalue weighted by Gasteiger charge is 2.13. The van der Waals surface area contributed by atoms with Gasteiger partial charge in [-0.05, 0) is 48.7 Å². The van der Waals surface area contributed by atoms with E-state index in [9.17, 15) is 14.4 Å². The Kier molecular flexibility index (Phi) is 5.76. The summed E-state index contributed by atoms with van der Waals surface area (Å²) < 4.78 is 1.44. The standard InChI is InChI=1S/C22H19N5O3S/c1-2-27-21(30)16-9-3-4-10-17(16)24-22(27)26-25-19(28)14-7-5-8-15(13-14)23-20(29)18-11-6-12-31-18/h3-13H,2H2,1H3,(H,23,29)(H,24,26)(H,25,28). The molecule has 0 fully saturated rings. The number of thiophene rings is 1. The molecule has 0 bridgehead atoms. The lowest BCUT2D eigenvalue weighted by atomic mass is 10.2. The first-order chi connectivity index (χ1) is 15.1. The molecule has 0 radical (unpaired) electrons. The van der Waals surface area contributed by atoms with Gasteiger partial charge in [0, 0.05) is 17.8 Å². The van der Waals surface area contributed by atoms with Crippen LogP contribution in [0.2, 0.25) is 0 Å². The van der Waals surface area contributed by atoms with E-state index >= 15 is 0 Å². The Bertz CT molecular complexity index is 1310. The highest BCUT2D eigenvalue weighted by Crippen LogP contribution is 2.15. The van der Waals surface area contributed by atoms with Crippen molar-refractivity contribution in [3.05, 3.63) is 86.8 Å². The molecule has 0 aliphatic rings. The average Bonchev–Trinajstić information content (AvgIpc) is 3.33. The molecule has 2 aromatic carbocycles. The minimum atomic E-state index is -0.433. The average molecular weight is 433 g/mol. The fraction of sp³-hybridized carbons (Fsp3) is 0.0909. The van der Waals surface area contributed by atoms with Crippen LogP contribution in [0.15, 0.2) is 70.8 Å². The van der Waals surface area contributed by atoms with Gasteiger partial charge < -0.3 is 5.32 Å². The van der Waals surface area contributed by atoms with E-state index in [0.29, 0.717) is 33.6 Å². The van der Waals surface area contributed by atoms with Crippen molar-refractivity contribution in [1.82, 2.24) is 15.0 Å². The normalized spacial score (nSPS) is 10.6. The fourth-order valence-electron chi connectivity index (χ4n) is 3.08. The first-order valence-corrected chi connectivity index (χ1v) is 10.5. The maximum atomic E-state index is 12.7. The van der Waals surface area contributed by atoms with Gasteiger partial charge in [0.25, 0.3) is 17.4 Å². The smallest absolute Gasteiger partial charge is 0.269 e. The van der Waals surface area contributed by atoms with Crippen LogP contribution in [0.5, 0.6) is 0 Å². The Morgan fingerprint density at radius 1 is 1.03 bits per heavy atom. The van der Waals surface area contributed by atoms with E-state index < -0.39 is 5.91 Å². The number of carbonyl (C=O) groups is 2. The van der Waals surface area contributed by atoms with Crippen molar-refractivity contribution in [2.45, 2.75) is 13.5 Å². The van der Waals surface area contributed by atoms with E-state index in [1.807, 2.05) is 12.3 Å². The predicted molar refractivity (Wildman–Crippen MR) is 121 cm³/mol. The third kappa shape index (κ3) is 4.31. The van der Waals surface area contributed by atoms with Crippen LogP contribution in [0.1, 0.15) is 27.0 Å². The molecule has 2 heterocycles. The third-order valence-corrected chi connectivity index (χ3v) is 5.46. The molecule has 8 nitrogen and oxygen atoms in total. The Hall–Kier alpha value is -3.98. The highest BCUT2D eigenvalue weighted by molar-refractivity contribution is 7.12. The minimum absolute atomic E-state index is 0.192. The summed E-state index contributed by atoms with van der Waals surface area (Å²) in [5, 5.41) is 5.10. The molecule has 9 heteroatoms. The molecule has 0 atom stereocenters. The van der Waals surface area contributed by atoms with Crippen LogP contribution in [-0.4, -0.2) is 21.4 Å². The minimum Gasteiger partial charge on any atom is -0.321 e. The van der Waals surface area contributed by atoms with Crippen LogP contribution in [-0.2, 0) is 6.54 Å². The summed E-state index contributed by atoms with van der Waals surface area (Å²) in [6, 6.07) is 17.1. The van der Waals surface area contributed by atoms with Crippen LogP contribution >= 0.6 is 11.3 Å². The molecule has 0 aliphatic heterocycles. The number of hydrazine groups is 1. The largest absolute Gasteiger partial charge is 0.321 e. The summed E-state index contributed by atoms with van der Waals surface area (Å²) in [6.45, 7) is 2.21. The number of anilines is 2. The second kappa shape index (κ2) is 8.80. The first kappa shape index (κ1) is 20.3. The SMILES string of the molecule is CCn1c(NNC(=O)c2cccc(NC(=O)c3cccs3)c2)nc2ccccc2c1=O. The van der Waals surface area contributed by atoms with Crippen LogP contribution in [0.3, 0.4) is 0 Å². The number of para-hydroxylation sites is 1. The molecule has 4 aromatic rings. The Morgan fingerprint density at radius 3 is 2.65 bits per heavy atom. The van der Waals surface area contributed by atoms with Gasteiger partial charge in [-0.15, -0.1) is 11.3 Å². The third-order valence-electron chi connectivity index (χ3n) is 4.59. The van der Waals surface area contributed by atoms with Crippen LogP contribution in [0, 0.1) is 0 Å². The van der Waals surface area contributed by atoms with E-state index in [-0.39, 0.29) is 17.4 Å². The van der Waals surface area contributed by atoms with Gasteiger partial charge in [-0.2, -0.15) is 0 Å². The summed E-state index contributed by atoms with van der Waals surface area (Å²) in [5.41, 5.74) is 6.49. The summed E-state index contributed by atoms with van der Waals surface area (Å²) in [4.78, 5) is 42.5. The van der Waals surface area contributed by atoms with Crippen LogP contribution in [0.4, 0.5) is 11.6 Å². The first-order valence-electron chi connectivity index (χ1n) is 9.57. The topological polar surface area (TPSA) is 105 Å². The molecule has 0 spiro atoms. The van der Waals surface area contributed by atoms with E-state index in [1.165, 1.54) is 15.9 Å². The van der Waals surface area contributed by atoms with Gasteiger partial charge in [0.05, 0.1) is 15.8 Å². The summed E-state index contributed by atoms with van der Waals surface area (Å²) in [6.07, 6.45) is 0. The van der Waals surface area contributed by atoms with Gasteiger partial charge >= 0.3 is 0 Å². The van der Waals surface area contributed by atoms with Crippen molar-refractivity contribution < 1.29 is 9.59 Å². The number of aromatic nitrogens is 2. The van der Waals surface area contributed by atoms with Crippen molar-refractivity contribution in [3.63, 3.8) is 0 Å². The number of hydrogen-bond donors (Lipinski definition) is 3. The van der Waals surface area contributed by atoms with Crippen LogP contribution < -0.4 is 21.7 Å². The summed E-state index contributed by atoms with van der Waals surface area (Å²) in [7, 11) is 0. The second-order valence-electron chi connectivity index (χ2n) is 6.59. The molecule has 2 amide bonds. The number of fused-ring (bicyclic) bond motifs is 1. The zero-order chi connectivity index (χ0) is 21.8. The Balaban J connectivity index is 1.50. The number of carbonyl (C=O) groups excluding carboxylic acids is 2. The molecular formula is C22H19N5O3S. The fourth-order valence-corrected chi connectivity index (χ4v) is 3.70. The van der Waals surface area contributed by atoms with Crippen molar-refractivity contribution in [3.8, 4) is 0 Å². The van der Waals surface area contributed by atoms with Gasteiger partial charge in [0.15, 0.2) is 0 Å². The zero-order valence-electron chi connectivity index (χ0n) is 16.6. The molecule has 0 aliphatic carbocycles. The van der Waals surface area contributed by atoms with E-state index in [0.717, 1.165) is 0 Å². The number of amides is 2. The molecule has 0 unspecified atom stereocenters. The summed E-state index contributed by atoms with van der Waals surface area (Å²) >= 11 is 1.34. The number of nitrogens with one attached hydrogen (secondary N) is 3. The molecule has 2 aromatic heterocycles. The lowest BCUT2D eigenvalue weighted by Gasteiger charge is -2.14. The van der Waals surface area contributed by atoms with Gasteiger partial charge in [-0.3, -0.25) is 29.8 Å². The zero-order valence-corrected chi connectivity index (χ0v) is 17.4. The van der Waals surface area contributed by atoms with E-state index in [2.05, 4.69) is 21.2 Å². The number of nitrogens with zero attached hydrogens (tertiary/aromatic N) is 2. The number of benzene rings is 2. The molecule has 4 rings (SSSR count). The maximum absolute atomic E-state index is 12.7. The van der Waals surface area contributed by atoms with Gasteiger partial charge in [-0.25, -0.2) is 4.98 Å². The van der Waals surface area contributed by atoms with E-state index in [1.54, 1.807) is 60.7 Å².